The number of benzene rings is 1. The van der Waals surface area contributed by atoms with Gasteiger partial charge < -0.3 is 0 Å². The first kappa shape index (κ1) is 14.5. The lowest BCUT2D eigenvalue weighted by molar-refractivity contribution is 0.600. The molecule has 0 atom stereocenters. The van der Waals surface area contributed by atoms with Gasteiger partial charge >= 0.3 is 0 Å². The van der Waals surface area contributed by atoms with Crippen molar-refractivity contribution in [3.8, 4) is 0 Å². The zero-order valence-corrected chi connectivity index (χ0v) is 12.8. The van der Waals surface area contributed by atoms with Crippen molar-refractivity contribution in [1.82, 2.24) is 14.8 Å². The number of rotatable bonds is 5. The van der Waals surface area contributed by atoms with Crippen molar-refractivity contribution < 1.29 is 0 Å². The topological polar surface area (TPSA) is 30.7 Å². The van der Waals surface area contributed by atoms with Gasteiger partial charge in [-0.2, -0.15) is 5.10 Å². The van der Waals surface area contributed by atoms with Gasteiger partial charge in [-0.15, -0.1) is 0 Å². The second-order valence-electron chi connectivity index (χ2n) is 5.74. The van der Waals surface area contributed by atoms with Crippen LogP contribution >= 0.6 is 0 Å². The van der Waals surface area contributed by atoms with Crippen molar-refractivity contribution in [3.05, 3.63) is 53.6 Å². The normalized spacial score (nSPS) is 11.3. The van der Waals surface area contributed by atoms with E-state index in [4.69, 9.17) is 0 Å². The van der Waals surface area contributed by atoms with Crippen LogP contribution in [0, 0.1) is 0 Å². The maximum absolute atomic E-state index is 4.67. The molecule has 3 nitrogen and oxygen atoms in total. The molecule has 0 bridgehead atoms. The van der Waals surface area contributed by atoms with Crippen molar-refractivity contribution in [3.63, 3.8) is 0 Å². The molecule has 0 N–H and O–H groups in total. The van der Waals surface area contributed by atoms with Crippen LogP contribution in [0.4, 0.5) is 0 Å². The molecule has 0 aliphatic rings. The summed E-state index contributed by atoms with van der Waals surface area (Å²) in [5.74, 6) is 2.72. The minimum atomic E-state index is 0.358. The Bertz CT molecular complexity index is 577. The van der Waals surface area contributed by atoms with Crippen LogP contribution in [0.2, 0.25) is 0 Å². The van der Waals surface area contributed by atoms with E-state index < -0.39 is 0 Å². The fourth-order valence-corrected chi connectivity index (χ4v) is 2.09. The third kappa shape index (κ3) is 3.16. The van der Waals surface area contributed by atoms with E-state index in [0.717, 1.165) is 23.8 Å². The molecule has 0 saturated carbocycles. The van der Waals surface area contributed by atoms with Crippen LogP contribution in [0.25, 0.3) is 6.08 Å². The quantitative estimate of drug-likeness (QED) is 0.813. The summed E-state index contributed by atoms with van der Waals surface area (Å²) in [6.07, 6.45) is 1.86. The molecule has 2 rings (SSSR count). The van der Waals surface area contributed by atoms with Gasteiger partial charge in [-0.05, 0) is 11.1 Å². The first-order chi connectivity index (χ1) is 9.51. The minimum absolute atomic E-state index is 0.358. The highest BCUT2D eigenvalue weighted by atomic mass is 15.3. The zero-order valence-electron chi connectivity index (χ0n) is 12.8. The van der Waals surface area contributed by atoms with Crippen molar-refractivity contribution >= 4 is 6.08 Å². The molecule has 0 amide bonds. The fraction of sp³-hybridized carbons (Fsp3) is 0.412. The molecule has 0 radical (unpaired) electrons. The van der Waals surface area contributed by atoms with Crippen LogP contribution in [-0.4, -0.2) is 14.8 Å². The van der Waals surface area contributed by atoms with Crippen molar-refractivity contribution in [2.24, 2.45) is 0 Å². The third-order valence-electron chi connectivity index (χ3n) is 3.30. The molecule has 1 aromatic carbocycles. The van der Waals surface area contributed by atoms with E-state index in [0.29, 0.717) is 11.8 Å². The molecule has 1 aromatic heterocycles. The fourth-order valence-electron chi connectivity index (χ4n) is 2.09. The second-order valence-corrected chi connectivity index (χ2v) is 5.74. The van der Waals surface area contributed by atoms with Gasteiger partial charge in [0, 0.05) is 11.8 Å². The predicted octanol–water partition coefficient (Wildman–Crippen LogP) is 4.22. The molecule has 106 valence electrons. The molecule has 0 spiro atoms. The van der Waals surface area contributed by atoms with E-state index in [2.05, 4.69) is 68.6 Å². The van der Waals surface area contributed by atoms with Crippen LogP contribution in [-0.2, 0) is 6.54 Å². The zero-order chi connectivity index (χ0) is 14.7. The second kappa shape index (κ2) is 6.04. The highest BCUT2D eigenvalue weighted by Crippen LogP contribution is 2.18. The number of nitrogens with zero attached hydrogens (tertiary/aromatic N) is 3. The van der Waals surface area contributed by atoms with E-state index in [1.165, 1.54) is 5.56 Å². The number of aromatic nitrogens is 3. The van der Waals surface area contributed by atoms with E-state index in [-0.39, 0.29) is 0 Å². The van der Waals surface area contributed by atoms with Crippen molar-refractivity contribution in [2.75, 3.05) is 0 Å². The summed E-state index contributed by atoms with van der Waals surface area (Å²) < 4.78 is 2.03. The molecule has 20 heavy (non-hydrogen) atoms. The van der Waals surface area contributed by atoms with E-state index in [1.807, 2.05) is 10.8 Å². The lowest BCUT2D eigenvalue weighted by Gasteiger charge is -2.08. The largest absolute Gasteiger partial charge is 0.245 e. The first-order valence-corrected chi connectivity index (χ1v) is 7.17. The average Bonchev–Trinajstić information content (AvgIpc) is 2.84. The Labute approximate surface area is 121 Å². The molecule has 0 saturated heterocycles. The number of hydrogen-bond acceptors (Lipinski definition) is 2. The van der Waals surface area contributed by atoms with Crippen LogP contribution in [0.5, 0.6) is 0 Å². The smallest absolute Gasteiger partial charge is 0.153 e. The van der Waals surface area contributed by atoms with Crippen LogP contribution < -0.4 is 0 Å². The van der Waals surface area contributed by atoms with Crippen LogP contribution in [0.1, 0.15) is 62.3 Å². The van der Waals surface area contributed by atoms with Gasteiger partial charge in [0.15, 0.2) is 5.82 Å². The summed E-state index contributed by atoms with van der Waals surface area (Å²) >= 11 is 0. The average molecular weight is 269 g/mol. The molecule has 0 aliphatic heterocycles. The van der Waals surface area contributed by atoms with Crippen molar-refractivity contribution in [1.29, 1.82) is 0 Å². The summed E-state index contributed by atoms with van der Waals surface area (Å²) in [4.78, 5) is 4.67. The molecular formula is C17H23N3. The monoisotopic (exact) mass is 269 g/mol. The minimum Gasteiger partial charge on any atom is -0.245 e. The van der Waals surface area contributed by atoms with Gasteiger partial charge in [0.2, 0.25) is 0 Å². The number of hydrogen-bond donors (Lipinski definition) is 0. The van der Waals surface area contributed by atoms with Crippen LogP contribution in [0.15, 0.2) is 30.8 Å². The molecule has 2 aromatic rings. The Morgan fingerprint density at radius 3 is 2.25 bits per heavy atom. The molecule has 0 aliphatic carbocycles. The van der Waals surface area contributed by atoms with Gasteiger partial charge in [0.1, 0.15) is 5.82 Å². The molecule has 1 heterocycles. The maximum Gasteiger partial charge on any atom is 0.153 e. The SMILES string of the molecule is C=Cc1ccc(Cn2nc(C(C)C)nc2C(C)C)cc1. The molecular weight excluding hydrogens is 246 g/mol. The first-order valence-electron chi connectivity index (χ1n) is 7.17. The van der Waals surface area contributed by atoms with E-state index >= 15 is 0 Å². The Morgan fingerprint density at radius 1 is 1.10 bits per heavy atom. The summed E-state index contributed by atoms with van der Waals surface area (Å²) in [5, 5.41) is 4.65. The van der Waals surface area contributed by atoms with Gasteiger partial charge in [0.05, 0.1) is 6.54 Å². The Hall–Kier alpha value is -1.90. The van der Waals surface area contributed by atoms with Gasteiger partial charge in [-0.1, -0.05) is 64.6 Å². The predicted molar refractivity (Wildman–Crippen MR) is 83.8 cm³/mol. The van der Waals surface area contributed by atoms with E-state index in [1.54, 1.807) is 0 Å². The van der Waals surface area contributed by atoms with E-state index in [9.17, 15) is 0 Å². The van der Waals surface area contributed by atoms with Gasteiger partial charge in [-0.3, -0.25) is 0 Å². The summed E-state index contributed by atoms with van der Waals surface area (Å²) in [6, 6.07) is 8.41. The summed E-state index contributed by atoms with van der Waals surface area (Å²) in [5.41, 5.74) is 2.37. The molecule has 0 fully saturated rings. The molecule has 0 unspecified atom stereocenters. The maximum atomic E-state index is 4.67. The van der Waals surface area contributed by atoms with Crippen molar-refractivity contribution in [2.45, 2.75) is 46.1 Å². The Morgan fingerprint density at radius 2 is 1.75 bits per heavy atom. The highest BCUT2D eigenvalue weighted by Gasteiger charge is 2.15. The highest BCUT2D eigenvalue weighted by molar-refractivity contribution is 5.47. The summed E-state index contributed by atoms with van der Waals surface area (Å²) in [6.45, 7) is 13.1. The van der Waals surface area contributed by atoms with Gasteiger partial charge in [-0.25, -0.2) is 9.67 Å². The third-order valence-corrected chi connectivity index (χ3v) is 3.30. The molecule has 3 heteroatoms. The summed E-state index contributed by atoms with van der Waals surface area (Å²) in [7, 11) is 0. The lowest BCUT2D eigenvalue weighted by Crippen LogP contribution is -2.08. The Balaban J connectivity index is 2.28. The lowest BCUT2D eigenvalue weighted by atomic mass is 10.1. The van der Waals surface area contributed by atoms with Crippen LogP contribution in [0.3, 0.4) is 0 Å². The Kier molecular flexibility index (Phi) is 4.38. The standard InChI is InChI=1S/C17H23N3/c1-6-14-7-9-15(10-8-14)11-20-17(13(4)5)18-16(19-20)12(2)3/h6-10,12-13H,1,11H2,2-5H3. The van der Waals surface area contributed by atoms with Gasteiger partial charge in [0.25, 0.3) is 0 Å².